The maximum Gasteiger partial charge on any atom is 0.140 e. The van der Waals surface area contributed by atoms with Crippen molar-refractivity contribution < 1.29 is 4.79 Å². The van der Waals surface area contributed by atoms with Crippen LogP contribution in [0.5, 0.6) is 0 Å². The first-order chi connectivity index (χ1) is 5.79. The van der Waals surface area contributed by atoms with Crippen LogP contribution in [-0.2, 0) is 4.79 Å². The number of ketones is 1. The van der Waals surface area contributed by atoms with Crippen molar-refractivity contribution in [3.63, 3.8) is 0 Å². The first kappa shape index (κ1) is 7.74. The summed E-state index contributed by atoms with van der Waals surface area (Å²) in [6, 6.07) is 0.175. The minimum Gasteiger partial charge on any atom is -0.327 e. The van der Waals surface area contributed by atoms with E-state index >= 15 is 0 Å². The van der Waals surface area contributed by atoms with Gasteiger partial charge >= 0.3 is 0 Å². The van der Waals surface area contributed by atoms with E-state index in [9.17, 15) is 4.79 Å². The lowest BCUT2D eigenvalue weighted by atomic mass is 9.73. The number of carbonyl (C=O) groups excluding carboxylic acids is 1. The lowest BCUT2D eigenvalue weighted by molar-refractivity contribution is -0.124. The monoisotopic (exact) mass is 163 g/mol. The third-order valence-corrected chi connectivity index (χ3v) is 2.77. The van der Waals surface area contributed by atoms with E-state index in [1.165, 1.54) is 0 Å². The number of carbonyl (C=O) groups is 1. The molecular formula is C10H13NO. The van der Waals surface area contributed by atoms with Crippen LogP contribution in [0.2, 0.25) is 0 Å². The highest BCUT2D eigenvalue weighted by Gasteiger charge is 2.34. The zero-order chi connectivity index (χ0) is 8.55. The highest BCUT2D eigenvalue weighted by Crippen LogP contribution is 2.30. The molecule has 2 N–H and O–H groups in total. The van der Waals surface area contributed by atoms with E-state index < -0.39 is 0 Å². The highest BCUT2D eigenvalue weighted by atomic mass is 16.1. The number of rotatable bonds is 0. The molecule has 0 aromatic heterocycles. The molecule has 0 amide bonds. The van der Waals surface area contributed by atoms with Gasteiger partial charge in [-0.25, -0.2) is 0 Å². The van der Waals surface area contributed by atoms with Crippen LogP contribution < -0.4 is 5.73 Å². The third kappa shape index (κ3) is 1.12. The van der Waals surface area contributed by atoms with Crippen molar-refractivity contribution in [2.45, 2.75) is 18.9 Å². The topological polar surface area (TPSA) is 43.1 Å². The molecule has 2 rings (SSSR count). The predicted octanol–water partition coefficient (Wildman–Crippen LogP) is 1.03. The summed E-state index contributed by atoms with van der Waals surface area (Å²) in [5.74, 6) is 0.678. The molecule has 0 saturated heterocycles. The number of hydrogen-bond donors (Lipinski definition) is 1. The van der Waals surface area contributed by atoms with E-state index in [1.807, 2.05) is 18.2 Å². The lowest BCUT2D eigenvalue weighted by Crippen LogP contribution is -2.42. The van der Waals surface area contributed by atoms with E-state index in [0.29, 0.717) is 12.2 Å². The van der Waals surface area contributed by atoms with Gasteiger partial charge in [0.15, 0.2) is 0 Å². The normalized spacial score (nSPS) is 39.8. The molecule has 2 heteroatoms. The van der Waals surface area contributed by atoms with Crippen molar-refractivity contribution in [2.24, 2.45) is 17.6 Å². The fourth-order valence-corrected chi connectivity index (χ4v) is 2.02. The van der Waals surface area contributed by atoms with E-state index in [-0.39, 0.29) is 17.9 Å². The van der Waals surface area contributed by atoms with E-state index in [1.54, 1.807) is 0 Å². The Morgan fingerprint density at radius 2 is 2.08 bits per heavy atom. The predicted molar refractivity (Wildman–Crippen MR) is 47.5 cm³/mol. The molecule has 0 aliphatic heterocycles. The smallest absolute Gasteiger partial charge is 0.140 e. The molecule has 12 heavy (non-hydrogen) atoms. The fourth-order valence-electron chi connectivity index (χ4n) is 2.02. The first-order valence-electron chi connectivity index (χ1n) is 4.42. The van der Waals surface area contributed by atoms with Gasteiger partial charge in [0.05, 0.1) is 0 Å². The number of allylic oxidation sites excluding steroid dienone is 3. The maximum atomic E-state index is 11.4. The van der Waals surface area contributed by atoms with Gasteiger partial charge in [-0.05, 0) is 6.42 Å². The van der Waals surface area contributed by atoms with Gasteiger partial charge in [0.2, 0.25) is 0 Å². The number of Topliss-reactive ketones (excluding diaryl/α,β-unsaturated/α-hetero) is 1. The summed E-state index contributed by atoms with van der Waals surface area (Å²) >= 11 is 0. The van der Waals surface area contributed by atoms with Crippen molar-refractivity contribution in [2.75, 3.05) is 0 Å². The zero-order valence-corrected chi connectivity index (χ0v) is 6.94. The number of hydrogen-bond acceptors (Lipinski definition) is 2. The van der Waals surface area contributed by atoms with E-state index in [2.05, 4.69) is 6.08 Å². The number of nitrogens with two attached hydrogens (primary N) is 1. The Kier molecular flexibility index (Phi) is 1.85. The van der Waals surface area contributed by atoms with Crippen molar-refractivity contribution in [3.8, 4) is 0 Å². The minimum atomic E-state index is 0.0683. The summed E-state index contributed by atoms with van der Waals surface area (Å²) in [5, 5.41) is 0. The second-order valence-electron chi connectivity index (χ2n) is 3.54. The van der Waals surface area contributed by atoms with Crippen LogP contribution in [0.25, 0.3) is 0 Å². The Balaban J connectivity index is 2.24. The molecule has 2 nitrogen and oxygen atoms in total. The Bertz CT molecular complexity index is 255. The molecule has 64 valence electrons. The fraction of sp³-hybridized carbons (Fsp3) is 0.500. The third-order valence-electron chi connectivity index (χ3n) is 2.77. The van der Waals surface area contributed by atoms with E-state index in [0.717, 1.165) is 6.42 Å². The van der Waals surface area contributed by atoms with Gasteiger partial charge in [-0.2, -0.15) is 0 Å². The average Bonchev–Trinajstić information content (AvgIpc) is 2.12. The van der Waals surface area contributed by atoms with Crippen molar-refractivity contribution in [1.82, 2.24) is 0 Å². The van der Waals surface area contributed by atoms with Crippen LogP contribution in [0.1, 0.15) is 12.8 Å². The Hall–Kier alpha value is -0.890. The van der Waals surface area contributed by atoms with Gasteiger partial charge in [0.25, 0.3) is 0 Å². The SMILES string of the molecule is NC1CCC(=O)C2C=CC=CC12. The Morgan fingerprint density at radius 3 is 2.83 bits per heavy atom. The molecule has 2 aliphatic carbocycles. The van der Waals surface area contributed by atoms with Gasteiger partial charge in [-0.3, -0.25) is 4.79 Å². The maximum absolute atomic E-state index is 11.4. The molecule has 0 aromatic rings. The van der Waals surface area contributed by atoms with Crippen LogP contribution >= 0.6 is 0 Å². The van der Waals surface area contributed by atoms with Crippen LogP contribution in [0.15, 0.2) is 24.3 Å². The molecule has 0 aromatic carbocycles. The van der Waals surface area contributed by atoms with Crippen LogP contribution in [-0.4, -0.2) is 11.8 Å². The van der Waals surface area contributed by atoms with Crippen LogP contribution in [0.4, 0.5) is 0 Å². The molecule has 3 atom stereocenters. The Morgan fingerprint density at radius 1 is 1.33 bits per heavy atom. The molecule has 2 aliphatic rings. The number of fused-ring (bicyclic) bond motifs is 1. The average molecular weight is 163 g/mol. The second-order valence-corrected chi connectivity index (χ2v) is 3.54. The molecule has 0 spiro atoms. The molecule has 1 fully saturated rings. The van der Waals surface area contributed by atoms with Gasteiger partial charge in [-0.1, -0.05) is 24.3 Å². The zero-order valence-electron chi connectivity index (χ0n) is 6.94. The lowest BCUT2D eigenvalue weighted by Gasteiger charge is -2.32. The van der Waals surface area contributed by atoms with Crippen molar-refractivity contribution in [3.05, 3.63) is 24.3 Å². The molecule has 0 heterocycles. The van der Waals surface area contributed by atoms with Gasteiger partial charge < -0.3 is 5.73 Å². The minimum absolute atomic E-state index is 0.0683. The summed E-state index contributed by atoms with van der Waals surface area (Å²) in [7, 11) is 0. The highest BCUT2D eigenvalue weighted by molar-refractivity contribution is 5.84. The first-order valence-corrected chi connectivity index (χ1v) is 4.42. The molecule has 1 saturated carbocycles. The van der Waals surface area contributed by atoms with Gasteiger partial charge in [0.1, 0.15) is 5.78 Å². The molecule has 0 radical (unpaired) electrons. The molecule has 0 bridgehead atoms. The van der Waals surface area contributed by atoms with Gasteiger partial charge in [-0.15, -0.1) is 0 Å². The van der Waals surface area contributed by atoms with Crippen molar-refractivity contribution in [1.29, 1.82) is 0 Å². The second kappa shape index (κ2) is 2.87. The summed E-state index contributed by atoms with van der Waals surface area (Å²) < 4.78 is 0. The van der Waals surface area contributed by atoms with Crippen LogP contribution in [0.3, 0.4) is 0 Å². The van der Waals surface area contributed by atoms with Crippen LogP contribution in [0, 0.1) is 11.8 Å². The Labute approximate surface area is 72.1 Å². The van der Waals surface area contributed by atoms with Crippen molar-refractivity contribution >= 4 is 5.78 Å². The van der Waals surface area contributed by atoms with Gasteiger partial charge in [0, 0.05) is 24.3 Å². The molecular weight excluding hydrogens is 150 g/mol. The molecule has 3 unspecified atom stereocenters. The summed E-state index contributed by atoms with van der Waals surface area (Å²) in [6.07, 6.45) is 9.47. The quantitative estimate of drug-likeness (QED) is 0.579. The summed E-state index contributed by atoms with van der Waals surface area (Å²) in [6.45, 7) is 0. The standard InChI is InChI=1S/C10H13NO/c11-9-5-6-10(12)8-4-2-1-3-7(8)9/h1-4,7-9H,5-6,11H2. The largest absolute Gasteiger partial charge is 0.327 e. The van der Waals surface area contributed by atoms with E-state index in [4.69, 9.17) is 5.73 Å². The summed E-state index contributed by atoms with van der Waals surface area (Å²) in [5.41, 5.74) is 5.91. The summed E-state index contributed by atoms with van der Waals surface area (Å²) in [4.78, 5) is 11.4.